The van der Waals surface area contributed by atoms with Gasteiger partial charge in [0.2, 0.25) is 5.91 Å². The van der Waals surface area contributed by atoms with Crippen LogP contribution >= 0.6 is 11.8 Å². The van der Waals surface area contributed by atoms with Crippen molar-refractivity contribution < 1.29 is 4.79 Å². The summed E-state index contributed by atoms with van der Waals surface area (Å²) >= 11 is 1.51. The molecule has 1 atom stereocenters. The van der Waals surface area contributed by atoms with E-state index in [2.05, 4.69) is 10.3 Å². The van der Waals surface area contributed by atoms with Crippen molar-refractivity contribution in [2.24, 2.45) is 12.8 Å². The molecule has 0 spiro atoms. The van der Waals surface area contributed by atoms with E-state index in [9.17, 15) is 4.79 Å². The second-order valence-electron chi connectivity index (χ2n) is 4.80. The van der Waals surface area contributed by atoms with Crippen molar-refractivity contribution in [2.45, 2.75) is 35.9 Å². The summed E-state index contributed by atoms with van der Waals surface area (Å²) < 4.78 is 1.94. The third kappa shape index (κ3) is 4.09. The molecule has 112 valence electrons. The molecule has 0 bridgehead atoms. The molecule has 2 aromatic rings. The molecule has 0 radical (unpaired) electrons. The van der Waals surface area contributed by atoms with E-state index in [1.807, 2.05) is 49.0 Å². The lowest BCUT2D eigenvalue weighted by Gasteiger charge is -2.14. The number of nitrogens with zero attached hydrogens (tertiary/aromatic N) is 2. The fraction of sp³-hybridized carbons (Fsp3) is 0.333. The number of anilines is 1. The summed E-state index contributed by atoms with van der Waals surface area (Å²) in [6, 6.07) is 7.19. The molecule has 1 amide bonds. The summed E-state index contributed by atoms with van der Waals surface area (Å²) in [6.07, 6.45) is 5.21. The van der Waals surface area contributed by atoms with E-state index in [0.717, 1.165) is 22.2 Å². The Hall–Kier alpha value is -1.79. The average Bonchev–Trinajstić information content (AvgIpc) is 2.86. The number of amides is 1. The largest absolute Gasteiger partial charge is 0.329 e. The Kier molecular flexibility index (Phi) is 5.41. The minimum absolute atomic E-state index is 0.148. The Bertz CT molecular complexity index is 611. The van der Waals surface area contributed by atoms with E-state index in [1.165, 1.54) is 11.8 Å². The summed E-state index contributed by atoms with van der Waals surface area (Å²) in [5, 5.41) is 3.78. The molecule has 0 saturated heterocycles. The number of hydrogen-bond donors (Lipinski definition) is 2. The summed E-state index contributed by atoms with van der Waals surface area (Å²) in [5.74, 6) is -0.148. The lowest BCUT2D eigenvalue weighted by Crippen LogP contribution is -2.35. The van der Waals surface area contributed by atoms with Crippen LogP contribution in [0.2, 0.25) is 0 Å². The zero-order valence-electron chi connectivity index (χ0n) is 12.2. The SMILES string of the molecule is CCCC(N)C(=O)Nc1ccccc1Sc1nccn1C. The molecule has 0 aliphatic rings. The van der Waals surface area contributed by atoms with Crippen LogP contribution in [0.1, 0.15) is 19.8 Å². The molecule has 0 saturated carbocycles. The maximum Gasteiger partial charge on any atom is 0.241 e. The number of aromatic nitrogens is 2. The molecule has 0 aliphatic carbocycles. The summed E-state index contributed by atoms with van der Waals surface area (Å²) in [4.78, 5) is 17.3. The first-order valence-electron chi connectivity index (χ1n) is 6.92. The molecule has 5 nitrogen and oxygen atoms in total. The molecule has 6 heteroatoms. The fourth-order valence-corrected chi connectivity index (χ4v) is 2.77. The standard InChI is InChI=1S/C15H20N4OS/c1-3-6-11(16)14(20)18-12-7-4-5-8-13(12)21-15-17-9-10-19(15)2/h4-5,7-11H,3,6,16H2,1-2H3,(H,18,20). The number of rotatable bonds is 6. The lowest BCUT2D eigenvalue weighted by atomic mass is 10.1. The van der Waals surface area contributed by atoms with Gasteiger partial charge in [-0.1, -0.05) is 25.5 Å². The molecule has 1 unspecified atom stereocenters. The number of aryl methyl sites for hydroxylation is 1. The van der Waals surface area contributed by atoms with Crippen LogP contribution in [-0.4, -0.2) is 21.5 Å². The number of nitrogens with one attached hydrogen (secondary N) is 1. The molecule has 21 heavy (non-hydrogen) atoms. The van der Waals surface area contributed by atoms with Crippen LogP contribution in [0.25, 0.3) is 0 Å². The van der Waals surface area contributed by atoms with E-state index in [0.29, 0.717) is 6.42 Å². The van der Waals surface area contributed by atoms with Gasteiger partial charge in [0.15, 0.2) is 5.16 Å². The molecule has 0 aliphatic heterocycles. The van der Waals surface area contributed by atoms with Crippen molar-refractivity contribution in [2.75, 3.05) is 5.32 Å². The number of para-hydroxylation sites is 1. The lowest BCUT2D eigenvalue weighted by molar-refractivity contribution is -0.117. The third-order valence-corrected chi connectivity index (χ3v) is 4.21. The van der Waals surface area contributed by atoms with Gasteiger partial charge in [0.1, 0.15) is 0 Å². The molecule has 1 aromatic carbocycles. The van der Waals surface area contributed by atoms with Crippen molar-refractivity contribution in [1.82, 2.24) is 9.55 Å². The molecule has 1 heterocycles. The van der Waals surface area contributed by atoms with E-state index in [1.54, 1.807) is 6.20 Å². The number of carbonyl (C=O) groups excluding carboxylic acids is 1. The highest BCUT2D eigenvalue weighted by Gasteiger charge is 2.15. The first kappa shape index (κ1) is 15.6. The molecule has 3 N–H and O–H groups in total. The molecule has 1 aromatic heterocycles. The van der Waals surface area contributed by atoms with Gasteiger partial charge < -0.3 is 15.6 Å². The van der Waals surface area contributed by atoms with E-state index < -0.39 is 6.04 Å². The molecular formula is C15H20N4OS. The van der Waals surface area contributed by atoms with Gasteiger partial charge in [0.05, 0.1) is 11.7 Å². The van der Waals surface area contributed by atoms with Gasteiger partial charge in [0.25, 0.3) is 0 Å². The van der Waals surface area contributed by atoms with Crippen molar-refractivity contribution in [1.29, 1.82) is 0 Å². The molecule has 2 rings (SSSR count). The van der Waals surface area contributed by atoms with Gasteiger partial charge >= 0.3 is 0 Å². The Morgan fingerprint density at radius 2 is 2.24 bits per heavy atom. The van der Waals surface area contributed by atoms with E-state index in [4.69, 9.17) is 5.73 Å². The maximum absolute atomic E-state index is 12.1. The van der Waals surface area contributed by atoms with Crippen LogP contribution in [0, 0.1) is 0 Å². The highest BCUT2D eigenvalue weighted by molar-refractivity contribution is 7.99. The van der Waals surface area contributed by atoms with Gasteiger partial charge in [-0.15, -0.1) is 0 Å². The highest BCUT2D eigenvalue weighted by atomic mass is 32.2. The van der Waals surface area contributed by atoms with Crippen LogP contribution in [0.4, 0.5) is 5.69 Å². The van der Waals surface area contributed by atoms with Crippen molar-refractivity contribution in [3.63, 3.8) is 0 Å². The van der Waals surface area contributed by atoms with Crippen LogP contribution in [0.5, 0.6) is 0 Å². The van der Waals surface area contributed by atoms with Gasteiger partial charge in [-0.3, -0.25) is 4.79 Å². The quantitative estimate of drug-likeness (QED) is 0.860. The predicted molar refractivity (Wildman–Crippen MR) is 85.3 cm³/mol. The number of carbonyl (C=O) groups is 1. The smallest absolute Gasteiger partial charge is 0.241 e. The fourth-order valence-electron chi connectivity index (χ4n) is 1.88. The van der Waals surface area contributed by atoms with Gasteiger partial charge in [-0.05, 0) is 30.3 Å². The minimum Gasteiger partial charge on any atom is -0.329 e. The maximum atomic E-state index is 12.1. The Morgan fingerprint density at radius 3 is 2.90 bits per heavy atom. The van der Waals surface area contributed by atoms with Crippen LogP contribution < -0.4 is 11.1 Å². The van der Waals surface area contributed by atoms with Crippen LogP contribution in [0.3, 0.4) is 0 Å². The second-order valence-corrected chi connectivity index (χ2v) is 5.81. The Morgan fingerprint density at radius 1 is 1.48 bits per heavy atom. The van der Waals surface area contributed by atoms with E-state index in [-0.39, 0.29) is 5.91 Å². The van der Waals surface area contributed by atoms with E-state index >= 15 is 0 Å². The Balaban J connectivity index is 2.14. The number of benzene rings is 1. The van der Waals surface area contributed by atoms with Crippen molar-refractivity contribution in [3.05, 3.63) is 36.7 Å². The second kappa shape index (κ2) is 7.28. The van der Waals surface area contributed by atoms with Crippen molar-refractivity contribution in [3.8, 4) is 0 Å². The number of hydrogen-bond acceptors (Lipinski definition) is 4. The number of imidazole rings is 1. The summed E-state index contributed by atoms with van der Waals surface area (Å²) in [5.41, 5.74) is 6.62. The Labute approximate surface area is 128 Å². The zero-order valence-corrected chi connectivity index (χ0v) is 13.1. The normalized spacial score (nSPS) is 12.1. The highest BCUT2D eigenvalue weighted by Crippen LogP contribution is 2.32. The number of nitrogens with two attached hydrogens (primary N) is 1. The van der Waals surface area contributed by atoms with Crippen LogP contribution in [0.15, 0.2) is 46.7 Å². The first-order valence-corrected chi connectivity index (χ1v) is 7.74. The predicted octanol–water partition coefficient (Wildman–Crippen LogP) is 2.64. The van der Waals surface area contributed by atoms with Crippen molar-refractivity contribution >= 4 is 23.4 Å². The minimum atomic E-state index is -0.471. The first-order chi connectivity index (χ1) is 10.1. The monoisotopic (exact) mass is 304 g/mol. The molecule has 0 fully saturated rings. The summed E-state index contributed by atoms with van der Waals surface area (Å²) in [6.45, 7) is 2.01. The van der Waals surface area contributed by atoms with Gasteiger partial charge in [-0.2, -0.15) is 0 Å². The van der Waals surface area contributed by atoms with Gasteiger partial charge in [0, 0.05) is 24.3 Å². The van der Waals surface area contributed by atoms with Crippen LogP contribution in [-0.2, 0) is 11.8 Å². The van der Waals surface area contributed by atoms with Gasteiger partial charge in [-0.25, -0.2) is 4.98 Å². The zero-order chi connectivity index (χ0) is 15.2. The summed E-state index contributed by atoms with van der Waals surface area (Å²) in [7, 11) is 1.94. The molecular weight excluding hydrogens is 284 g/mol. The third-order valence-electron chi connectivity index (χ3n) is 3.06. The average molecular weight is 304 g/mol. The topological polar surface area (TPSA) is 72.9 Å².